The van der Waals surface area contributed by atoms with E-state index >= 15 is 0 Å². The van der Waals surface area contributed by atoms with Crippen LogP contribution in [0.4, 0.5) is 0 Å². The van der Waals surface area contributed by atoms with E-state index < -0.39 is 0 Å². The van der Waals surface area contributed by atoms with Crippen LogP contribution in [0.5, 0.6) is 0 Å². The van der Waals surface area contributed by atoms with Crippen molar-refractivity contribution in [3.63, 3.8) is 0 Å². The first-order chi connectivity index (χ1) is 12.5. The summed E-state index contributed by atoms with van der Waals surface area (Å²) in [6.07, 6.45) is 4.30. The average Bonchev–Trinajstić information content (AvgIpc) is 3.30. The minimum atomic E-state index is 0. The zero-order chi connectivity index (χ0) is 18.9. The molecule has 1 fully saturated rings. The zero-order valence-corrected chi connectivity index (χ0v) is 19.9. The Morgan fingerprint density at radius 2 is 1.85 bits per heavy atom. The van der Waals surface area contributed by atoms with Gasteiger partial charge in [-0.1, -0.05) is 0 Å². The SMILES string of the molecule is CN=C(NCCN(C(C)C)C(C)C)NCC(c1ccco1)N1CCCC1.I. The summed E-state index contributed by atoms with van der Waals surface area (Å²) in [6, 6.07) is 5.39. The molecule has 0 aliphatic carbocycles. The third-order valence-corrected chi connectivity index (χ3v) is 5.13. The average molecular weight is 491 g/mol. The number of nitrogens with one attached hydrogen (secondary N) is 2. The van der Waals surface area contributed by atoms with Gasteiger partial charge >= 0.3 is 0 Å². The highest BCUT2D eigenvalue weighted by Crippen LogP contribution is 2.24. The standard InChI is InChI=1S/C20H37N5O.HI/c1-16(2)25(17(3)4)13-10-22-20(21-5)23-15-18(19-9-8-14-26-19)24-11-6-7-12-24;/h8-9,14,16-18H,6-7,10-13,15H2,1-5H3,(H2,21,22,23);1H. The second kappa shape index (κ2) is 12.6. The van der Waals surface area contributed by atoms with Crippen LogP contribution >= 0.6 is 24.0 Å². The molecule has 0 aromatic carbocycles. The smallest absolute Gasteiger partial charge is 0.191 e. The molecule has 27 heavy (non-hydrogen) atoms. The van der Waals surface area contributed by atoms with Crippen LogP contribution in [0.25, 0.3) is 0 Å². The zero-order valence-electron chi connectivity index (χ0n) is 17.6. The van der Waals surface area contributed by atoms with Crippen molar-refractivity contribution >= 4 is 29.9 Å². The lowest BCUT2D eigenvalue weighted by Gasteiger charge is -2.31. The van der Waals surface area contributed by atoms with E-state index in [-0.39, 0.29) is 30.0 Å². The van der Waals surface area contributed by atoms with Crippen LogP contribution in [0.2, 0.25) is 0 Å². The molecule has 1 atom stereocenters. The fourth-order valence-corrected chi connectivity index (χ4v) is 3.77. The van der Waals surface area contributed by atoms with Gasteiger partial charge < -0.3 is 15.1 Å². The molecule has 0 radical (unpaired) electrons. The van der Waals surface area contributed by atoms with Gasteiger partial charge in [0.05, 0.1) is 12.3 Å². The Balaban J connectivity index is 0.00000364. The Morgan fingerprint density at radius 1 is 1.19 bits per heavy atom. The first kappa shape index (κ1) is 24.2. The molecular formula is C20H38IN5O. The quantitative estimate of drug-likeness (QED) is 0.316. The molecule has 1 aromatic heterocycles. The van der Waals surface area contributed by atoms with Gasteiger partial charge in [0, 0.05) is 38.8 Å². The van der Waals surface area contributed by atoms with Gasteiger partial charge in [-0.25, -0.2) is 0 Å². The number of nitrogens with zero attached hydrogens (tertiary/aromatic N) is 3. The summed E-state index contributed by atoms with van der Waals surface area (Å²) in [6.45, 7) is 13.9. The Kier molecular flexibility index (Phi) is 11.3. The molecule has 0 spiro atoms. The second-order valence-corrected chi connectivity index (χ2v) is 7.58. The van der Waals surface area contributed by atoms with Crippen molar-refractivity contribution in [1.29, 1.82) is 0 Å². The molecule has 0 amide bonds. The van der Waals surface area contributed by atoms with Gasteiger partial charge in [-0.3, -0.25) is 14.8 Å². The highest BCUT2D eigenvalue weighted by Gasteiger charge is 2.25. The lowest BCUT2D eigenvalue weighted by atomic mass is 10.2. The van der Waals surface area contributed by atoms with E-state index in [2.05, 4.69) is 59.2 Å². The highest BCUT2D eigenvalue weighted by atomic mass is 127. The van der Waals surface area contributed by atoms with Crippen molar-refractivity contribution < 1.29 is 4.42 Å². The van der Waals surface area contributed by atoms with Gasteiger partial charge in [0.2, 0.25) is 0 Å². The highest BCUT2D eigenvalue weighted by molar-refractivity contribution is 14.0. The summed E-state index contributed by atoms with van der Waals surface area (Å²) in [5.74, 6) is 1.88. The second-order valence-electron chi connectivity index (χ2n) is 7.58. The van der Waals surface area contributed by atoms with Crippen molar-refractivity contribution in [2.24, 2.45) is 4.99 Å². The van der Waals surface area contributed by atoms with Crippen LogP contribution in [0.1, 0.15) is 52.3 Å². The molecule has 1 aromatic rings. The monoisotopic (exact) mass is 491 g/mol. The molecule has 6 nitrogen and oxygen atoms in total. The Morgan fingerprint density at radius 3 is 2.37 bits per heavy atom. The molecule has 1 saturated heterocycles. The number of halogens is 1. The number of hydrogen-bond donors (Lipinski definition) is 2. The maximum atomic E-state index is 5.69. The van der Waals surface area contributed by atoms with Crippen LogP contribution < -0.4 is 10.6 Å². The molecule has 1 aliphatic heterocycles. The summed E-state index contributed by atoms with van der Waals surface area (Å²) in [4.78, 5) is 9.36. The minimum absolute atomic E-state index is 0. The fraction of sp³-hybridized carbons (Fsp3) is 0.750. The maximum Gasteiger partial charge on any atom is 0.191 e. The van der Waals surface area contributed by atoms with Gasteiger partial charge in [-0.2, -0.15) is 0 Å². The number of likely N-dealkylation sites (tertiary alicyclic amines) is 1. The van der Waals surface area contributed by atoms with Gasteiger partial charge in [-0.15, -0.1) is 24.0 Å². The van der Waals surface area contributed by atoms with E-state index in [9.17, 15) is 0 Å². The van der Waals surface area contributed by atoms with Crippen LogP contribution in [-0.2, 0) is 0 Å². The van der Waals surface area contributed by atoms with Crippen LogP contribution in [0.3, 0.4) is 0 Å². The predicted octanol–water partition coefficient (Wildman–Crippen LogP) is 3.32. The Hall–Kier alpha value is -0.800. The van der Waals surface area contributed by atoms with E-state index in [0.717, 1.165) is 44.4 Å². The Labute approximate surface area is 182 Å². The van der Waals surface area contributed by atoms with Gasteiger partial charge in [0.25, 0.3) is 0 Å². The number of furan rings is 1. The number of aliphatic imine (C=N–C) groups is 1. The fourth-order valence-electron chi connectivity index (χ4n) is 3.77. The van der Waals surface area contributed by atoms with E-state index in [1.165, 1.54) is 12.8 Å². The van der Waals surface area contributed by atoms with Gasteiger partial charge in [0.15, 0.2) is 5.96 Å². The number of rotatable bonds is 9. The molecule has 2 rings (SSSR count). The first-order valence-electron chi connectivity index (χ1n) is 10.0. The van der Waals surface area contributed by atoms with E-state index in [4.69, 9.17) is 4.42 Å². The topological polar surface area (TPSA) is 56.0 Å². The van der Waals surface area contributed by atoms with E-state index in [1.54, 1.807) is 6.26 Å². The minimum Gasteiger partial charge on any atom is -0.468 e. The lowest BCUT2D eigenvalue weighted by molar-refractivity contribution is 0.178. The van der Waals surface area contributed by atoms with Crippen molar-refractivity contribution in [1.82, 2.24) is 20.4 Å². The molecule has 0 saturated carbocycles. The molecule has 1 unspecified atom stereocenters. The van der Waals surface area contributed by atoms with Gasteiger partial charge in [0.1, 0.15) is 5.76 Å². The summed E-state index contributed by atoms with van der Waals surface area (Å²) in [7, 11) is 1.83. The molecule has 2 heterocycles. The molecule has 156 valence electrons. The largest absolute Gasteiger partial charge is 0.468 e. The van der Waals surface area contributed by atoms with Crippen LogP contribution in [0, 0.1) is 0 Å². The lowest BCUT2D eigenvalue weighted by Crippen LogP contribution is -2.46. The van der Waals surface area contributed by atoms with Crippen molar-refractivity contribution in [2.45, 2.75) is 58.7 Å². The normalized spacial score (nSPS) is 16.8. The van der Waals surface area contributed by atoms with Crippen molar-refractivity contribution in [3.8, 4) is 0 Å². The van der Waals surface area contributed by atoms with E-state index in [0.29, 0.717) is 12.1 Å². The summed E-state index contributed by atoms with van der Waals surface area (Å²) in [5.41, 5.74) is 0. The van der Waals surface area contributed by atoms with Gasteiger partial charge in [-0.05, 0) is 65.8 Å². The number of hydrogen-bond acceptors (Lipinski definition) is 4. The van der Waals surface area contributed by atoms with Crippen LogP contribution in [0.15, 0.2) is 27.8 Å². The molecule has 7 heteroatoms. The summed E-state index contributed by atoms with van der Waals surface area (Å²) in [5, 5.41) is 6.93. The third kappa shape index (κ3) is 7.62. The third-order valence-electron chi connectivity index (χ3n) is 5.13. The van der Waals surface area contributed by atoms with Crippen LogP contribution in [-0.4, -0.2) is 67.6 Å². The molecule has 2 N–H and O–H groups in total. The molecule has 0 bridgehead atoms. The van der Waals surface area contributed by atoms with E-state index in [1.807, 2.05) is 13.1 Å². The molecule has 1 aliphatic rings. The molecular weight excluding hydrogens is 453 g/mol. The summed E-state index contributed by atoms with van der Waals surface area (Å²) < 4.78 is 5.69. The summed E-state index contributed by atoms with van der Waals surface area (Å²) >= 11 is 0. The maximum absolute atomic E-state index is 5.69. The first-order valence-corrected chi connectivity index (χ1v) is 10.0. The van der Waals surface area contributed by atoms with Crippen molar-refractivity contribution in [2.75, 3.05) is 39.8 Å². The number of guanidine groups is 1. The Bertz CT molecular complexity index is 518. The predicted molar refractivity (Wildman–Crippen MR) is 124 cm³/mol. The van der Waals surface area contributed by atoms with Crippen molar-refractivity contribution in [3.05, 3.63) is 24.2 Å².